The van der Waals surface area contributed by atoms with Crippen molar-refractivity contribution in [2.75, 3.05) is 13.2 Å². The van der Waals surface area contributed by atoms with E-state index in [4.69, 9.17) is 14.9 Å². The summed E-state index contributed by atoms with van der Waals surface area (Å²) < 4.78 is 5.35. The zero-order chi connectivity index (χ0) is 19.5. The van der Waals surface area contributed by atoms with E-state index in [0.717, 1.165) is 5.56 Å². The van der Waals surface area contributed by atoms with Crippen LogP contribution in [0.25, 0.3) is 0 Å². The Morgan fingerprint density at radius 1 is 1.12 bits per heavy atom. The largest absolute Gasteiger partial charge is 0.485 e. The fourth-order valence-electron chi connectivity index (χ4n) is 2.15. The average Bonchev–Trinajstić information content (AvgIpc) is 2.64. The third kappa shape index (κ3) is 7.46. The van der Waals surface area contributed by atoms with E-state index in [1.165, 1.54) is 0 Å². The second-order valence-electron chi connectivity index (χ2n) is 5.68. The van der Waals surface area contributed by atoms with Gasteiger partial charge in [-0.1, -0.05) is 12.1 Å². The van der Waals surface area contributed by atoms with Gasteiger partial charge >= 0.3 is 0 Å². The van der Waals surface area contributed by atoms with Gasteiger partial charge < -0.3 is 40.4 Å². The molecule has 1 aromatic carbocycles. The Bertz CT molecular complexity index is 548. The zero-order valence-corrected chi connectivity index (χ0v) is 14.2. The van der Waals surface area contributed by atoms with Gasteiger partial charge in [0.1, 0.15) is 24.2 Å². The number of hydrogen-bond donors (Lipinski definition) is 6. The molecule has 9 nitrogen and oxygen atoms in total. The Morgan fingerprint density at radius 2 is 1.77 bits per heavy atom. The first-order chi connectivity index (χ1) is 12.4. The monoisotopic (exact) mass is 371 g/mol. The molecule has 6 N–H and O–H groups in total. The van der Waals surface area contributed by atoms with Crippen molar-refractivity contribution < 1.29 is 39.9 Å². The van der Waals surface area contributed by atoms with Crippen LogP contribution < -0.4 is 10.1 Å². The molecule has 9 heteroatoms. The van der Waals surface area contributed by atoms with Crippen molar-refractivity contribution in [3.63, 3.8) is 0 Å². The molecular weight excluding hydrogens is 346 g/mol. The van der Waals surface area contributed by atoms with Gasteiger partial charge in [0.25, 0.3) is 0 Å². The highest BCUT2D eigenvalue weighted by Crippen LogP contribution is 2.17. The molecule has 1 amide bonds. The molecule has 3 atom stereocenters. The highest BCUT2D eigenvalue weighted by atomic mass is 16.5. The maximum absolute atomic E-state index is 11.4. The van der Waals surface area contributed by atoms with E-state index in [-0.39, 0.29) is 18.7 Å². The second kappa shape index (κ2) is 11.6. The zero-order valence-electron chi connectivity index (χ0n) is 14.2. The molecule has 0 spiro atoms. The van der Waals surface area contributed by atoms with Crippen LogP contribution in [-0.4, -0.2) is 75.5 Å². The SMILES string of the molecule is O=CCCC(=O)NCCc1ccc(OC(CO)C(O)C(O)C(O)O)cc1. The molecule has 0 aliphatic carbocycles. The van der Waals surface area contributed by atoms with Gasteiger partial charge in [0, 0.05) is 19.4 Å². The first kappa shape index (κ1) is 22.0. The van der Waals surface area contributed by atoms with Crippen molar-refractivity contribution in [2.45, 2.75) is 43.9 Å². The fourth-order valence-corrected chi connectivity index (χ4v) is 2.15. The van der Waals surface area contributed by atoms with Crippen LogP contribution in [0.5, 0.6) is 5.75 Å². The van der Waals surface area contributed by atoms with Gasteiger partial charge in [-0.05, 0) is 24.1 Å². The first-order valence-corrected chi connectivity index (χ1v) is 8.18. The summed E-state index contributed by atoms with van der Waals surface area (Å²) in [6, 6.07) is 6.62. The Morgan fingerprint density at radius 3 is 2.31 bits per heavy atom. The van der Waals surface area contributed by atoms with Gasteiger partial charge in [-0.25, -0.2) is 0 Å². The van der Waals surface area contributed by atoms with Crippen molar-refractivity contribution in [3.05, 3.63) is 29.8 Å². The highest BCUT2D eigenvalue weighted by molar-refractivity contribution is 5.78. The van der Waals surface area contributed by atoms with Crippen LogP contribution in [0.15, 0.2) is 24.3 Å². The van der Waals surface area contributed by atoms with E-state index in [1.807, 2.05) is 0 Å². The number of ether oxygens (including phenoxy) is 1. The third-order valence-electron chi connectivity index (χ3n) is 3.65. The van der Waals surface area contributed by atoms with Crippen molar-refractivity contribution in [1.82, 2.24) is 5.32 Å². The average molecular weight is 371 g/mol. The number of aliphatic hydroxyl groups is 5. The molecule has 26 heavy (non-hydrogen) atoms. The number of carbonyl (C=O) groups excluding carboxylic acids is 2. The van der Waals surface area contributed by atoms with Gasteiger partial charge in [0.05, 0.1) is 6.61 Å². The second-order valence-corrected chi connectivity index (χ2v) is 5.68. The topological polar surface area (TPSA) is 157 Å². The molecule has 0 fully saturated rings. The van der Waals surface area contributed by atoms with Crippen molar-refractivity contribution >= 4 is 12.2 Å². The van der Waals surface area contributed by atoms with E-state index in [1.54, 1.807) is 24.3 Å². The van der Waals surface area contributed by atoms with E-state index in [2.05, 4.69) is 5.32 Å². The maximum Gasteiger partial charge on any atom is 0.220 e. The minimum atomic E-state index is -2.16. The molecule has 1 aromatic rings. The Hall–Kier alpha value is -2.04. The molecule has 0 aliphatic heterocycles. The molecule has 0 saturated carbocycles. The number of nitrogens with one attached hydrogen (secondary N) is 1. The quantitative estimate of drug-likeness (QED) is 0.184. The number of carbonyl (C=O) groups is 2. The highest BCUT2D eigenvalue weighted by Gasteiger charge is 2.31. The third-order valence-corrected chi connectivity index (χ3v) is 3.65. The Labute approximate surface area is 150 Å². The van der Waals surface area contributed by atoms with Gasteiger partial charge in [-0.2, -0.15) is 0 Å². The summed E-state index contributed by atoms with van der Waals surface area (Å²) in [7, 11) is 0. The molecule has 0 bridgehead atoms. The van der Waals surface area contributed by atoms with Crippen molar-refractivity contribution in [2.24, 2.45) is 0 Å². The van der Waals surface area contributed by atoms with Crippen LogP contribution in [-0.2, 0) is 16.0 Å². The lowest BCUT2D eigenvalue weighted by atomic mass is 10.1. The molecule has 0 heterocycles. The lowest BCUT2D eigenvalue weighted by molar-refractivity contribution is -0.177. The summed E-state index contributed by atoms with van der Waals surface area (Å²) in [6.07, 6.45) is -5.37. The minimum absolute atomic E-state index is 0.162. The Kier molecular flexibility index (Phi) is 9.78. The van der Waals surface area contributed by atoms with Gasteiger partial charge in [0.2, 0.25) is 5.91 Å². The predicted molar refractivity (Wildman–Crippen MR) is 90.2 cm³/mol. The number of rotatable bonds is 12. The molecule has 0 aliphatic rings. The first-order valence-electron chi connectivity index (χ1n) is 8.18. The summed E-state index contributed by atoms with van der Waals surface area (Å²) in [5.74, 6) is 0.114. The predicted octanol–water partition coefficient (Wildman–Crippen LogP) is -1.90. The van der Waals surface area contributed by atoms with Crippen LogP contribution in [0, 0.1) is 0 Å². The molecule has 0 saturated heterocycles. The maximum atomic E-state index is 11.4. The van der Waals surface area contributed by atoms with Crippen molar-refractivity contribution in [1.29, 1.82) is 0 Å². The molecule has 3 unspecified atom stereocenters. The van der Waals surface area contributed by atoms with E-state index < -0.39 is 31.2 Å². The number of benzene rings is 1. The molecule has 1 rings (SSSR count). The van der Waals surface area contributed by atoms with Crippen LogP contribution in [0.4, 0.5) is 0 Å². The smallest absolute Gasteiger partial charge is 0.220 e. The molecular formula is C17H25NO8. The number of aldehydes is 1. The molecule has 0 radical (unpaired) electrons. The van der Waals surface area contributed by atoms with Gasteiger partial charge in [-0.15, -0.1) is 0 Å². The standard InChI is InChI=1S/C17H25NO8/c19-9-1-2-14(21)18-8-7-11-3-5-12(6-4-11)26-13(10-20)15(22)16(23)17(24)25/h3-6,9,13,15-17,20,22-25H,1-2,7-8,10H2,(H,18,21). The summed E-state index contributed by atoms with van der Waals surface area (Å²) in [6.45, 7) is -0.226. The normalized spacial score (nSPS) is 14.5. The van der Waals surface area contributed by atoms with Gasteiger partial charge in [-0.3, -0.25) is 4.79 Å². The summed E-state index contributed by atoms with van der Waals surface area (Å²) in [4.78, 5) is 21.6. The summed E-state index contributed by atoms with van der Waals surface area (Å²) >= 11 is 0. The summed E-state index contributed by atoms with van der Waals surface area (Å²) in [5, 5.41) is 48.9. The van der Waals surface area contributed by atoms with Gasteiger partial charge in [0.15, 0.2) is 12.4 Å². The van der Waals surface area contributed by atoms with E-state index in [9.17, 15) is 24.9 Å². The van der Waals surface area contributed by atoms with Crippen molar-refractivity contribution in [3.8, 4) is 5.75 Å². The van der Waals surface area contributed by atoms with E-state index >= 15 is 0 Å². The minimum Gasteiger partial charge on any atom is -0.485 e. The van der Waals surface area contributed by atoms with Crippen LogP contribution in [0.2, 0.25) is 0 Å². The van der Waals surface area contributed by atoms with Crippen LogP contribution in [0.3, 0.4) is 0 Å². The summed E-state index contributed by atoms with van der Waals surface area (Å²) in [5.41, 5.74) is 0.903. The Balaban J connectivity index is 2.50. The molecule has 146 valence electrons. The van der Waals surface area contributed by atoms with Crippen LogP contribution >= 0.6 is 0 Å². The lowest BCUT2D eigenvalue weighted by Gasteiger charge is -2.27. The lowest BCUT2D eigenvalue weighted by Crippen LogP contribution is -2.48. The molecule has 0 aromatic heterocycles. The van der Waals surface area contributed by atoms with Crippen LogP contribution in [0.1, 0.15) is 18.4 Å². The fraction of sp³-hybridized carbons (Fsp3) is 0.529. The van der Waals surface area contributed by atoms with E-state index in [0.29, 0.717) is 25.0 Å². The number of aliphatic hydroxyl groups excluding tert-OH is 4. The number of hydrogen-bond acceptors (Lipinski definition) is 8. The number of amides is 1.